The van der Waals surface area contributed by atoms with Crippen LogP contribution in [0.4, 0.5) is 4.79 Å². The maximum atomic E-state index is 12.7. The third kappa shape index (κ3) is 6.95. The van der Waals surface area contributed by atoms with Crippen molar-refractivity contribution in [2.75, 3.05) is 19.5 Å². The molecule has 0 aromatic carbocycles. The Kier molecular flexibility index (Phi) is 7.06. The second-order valence-electron chi connectivity index (χ2n) is 7.68. The molecule has 1 rings (SSSR count). The summed E-state index contributed by atoms with van der Waals surface area (Å²) in [6.45, 7) is 11.3. The molecular weight excluding hydrogens is 346 g/mol. The van der Waals surface area contributed by atoms with Crippen molar-refractivity contribution in [1.29, 1.82) is 0 Å². The molecule has 8 heteroatoms. The highest BCUT2D eigenvalue weighted by Crippen LogP contribution is 2.34. The maximum Gasteiger partial charge on any atom is 0.412 e. The first-order valence-electron chi connectivity index (χ1n) is 8.40. The summed E-state index contributed by atoms with van der Waals surface area (Å²) < 4.78 is 38.5. The van der Waals surface area contributed by atoms with Crippen LogP contribution in [0.25, 0.3) is 0 Å². The van der Waals surface area contributed by atoms with Gasteiger partial charge in [0.25, 0.3) is 10.1 Å². The minimum atomic E-state index is -3.50. The van der Waals surface area contributed by atoms with Crippen LogP contribution in [0.15, 0.2) is 12.2 Å². The quantitative estimate of drug-likeness (QED) is 0.523. The molecule has 0 radical (unpaired) electrons. The van der Waals surface area contributed by atoms with Crippen LogP contribution < -0.4 is 0 Å². The first kappa shape index (κ1) is 21.9. The lowest BCUT2D eigenvalue weighted by atomic mass is 9.95. The Hall–Kier alpha value is -1.12. The highest BCUT2D eigenvalue weighted by molar-refractivity contribution is 7.85. The average molecular weight is 378 g/mol. The molecule has 1 aliphatic rings. The van der Waals surface area contributed by atoms with Crippen molar-refractivity contribution in [3.8, 4) is 0 Å². The van der Waals surface area contributed by atoms with Gasteiger partial charge in [-0.25, -0.2) is 4.79 Å². The number of hydrogen-bond acceptors (Lipinski definition) is 6. The zero-order valence-electron chi connectivity index (χ0n) is 16.2. The van der Waals surface area contributed by atoms with Crippen LogP contribution in [0.5, 0.6) is 0 Å². The normalized spacial score (nSPS) is 22.4. The van der Waals surface area contributed by atoms with Gasteiger partial charge < -0.3 is 9.47 Å². The first-order chi connectivity index (χ1) is 11.3. The molecule has 0 bridgehead atoms. The molecule has 0 aromatic rings. The van der Waals surface area contributed by atoms with E-state index in [2.05, 4.69) is 0 Å². The van der Waals surface area contributed by atoms with E-state index in [0.29, 0.717) is 13.0 Å². The van der Waals surface area contributed by atoms with E-state index in [1.165, 1.54) is 0 Å². The zero-order valence-corrected chi connectivity index (χ0v) is 17.1. The van der Waals surface area contributed by atoms with Gasteiger partial charge in [0.15, 0.2) is 0 Å². The van der Waals surface area contributed by atoms with Gasteiger partial charge in [0.05, 0.1) is 25.5 Å². The third-order valence-electron chi connectivity index (χ3n) is 3.79. The Morgan fingerprint density at radius 3 is 2.48 bits per heavy atom. The van der Waals surface area contributed by atoms with Gasteiger partial charge in [-0.2, -0.15) is 8.42 Å². The molecule has 1 aliphatic heterocycles. The second-order valence-corrected chi connectivity index (χ2v) is 9.32. The van der Waals surface area contributed by atoms with Gasteiger partial charge in [-0.05, 0) is 48.0 Å². The van der Waals surface area contributed by atoms with E-state index in [9.17, 15) is 13.2 Å². The minimum absolute atomic E-state index is 0.0485. The fourth-order valence-corrected chi connectivity index (χ4v) is 3.21. The lowest BCUT2D eigenvalue weighted by Gasteiger charge is -2.37. The van der Waals surface area contributed by atoms with E-state index >= 15 is 0 Å². The molecule has 1 amide bonds. The highest BCUT2D eigenvalue weighted by Gasteiger charge is 2.47. The molecule has 0 N–H and O–H groups in total. The monoisotopic (exact) mass is 377 g/mol. The highest BCUT2D eigenvalue weighted by atomic mass is 32.2. The lowest BCUT2D eigenvalue weighted by Crippen LogP contribution is -2.51. The Labute approximate surface area is 151 Å². The van der Waals surface area contributed by atoms with Gasteiger partial charge in [-0.3, -0.25) is 9.08 Å². The molecule has 0 aromatic heterocycles. The number of rotatable bonds is 6. The standard InChI is InChI=1S/C17H31NO6S/c1-8-9-13(10-11-23-25(7,20)21)14-12-22-17(5,6)18(14)15(19)24-16(2,3)4/h8-9,13-14H,10-12H2,1-7H3/t13-,14-/m1/s1. The van der Waals surface area contributed by atoms with Crippen LogP contribution in [0.1, 0.15) is 48.0 Å². The summed E-state index contributed by atoms with van der Waals surface area (Å²) in [5, 5.41) is 0. The molecule has 25 heavy (non-hydrogen) atoms. The number of hydrogen-bond donors (Lipinski definition) is 0. The van der Waals surface area contributed by atoms with Crippen LogP contribution in [0.3, 0.4) is 0 Å². The average Bonchev–Trinajstić information content (AvgIpc) is 2.70. The van der Waals surface area contributed by atoms with Crippen molar-refractivity contribution in [2.45, 2.75) is 65.3 Å². The van der Waals surface area contributed by atoms with Gasteiger partial charge in [0.1, 0.15) is 11.3 Å². The predicted molar refractivity (Wildman–Crippen MR) is 95.6 cm³/mol. The number of allylic oxidation sites excluding steroid dienone is 1. The molecular formula is C17H31NO6S. The minimum Gasteiger partial charge on any atom is -0.444 e. The fraction of sp³-hybridized carbons (Fsp3) is 0.824. The number of ether oxygens (including phenoxy) is 2. The maximum absolute atomic E-state index is 12.7. The topological polar surface area (TPSA) is 82.1 Å². The van der Waals surface area contributed by atoms with Gasteiger partial charge in [-0.1, -0.05) is 12.2 Å². The van der Waals surface area contributed by atoms with Crippen molar-refractivity contribution in [3.05, 3.63) is 12.2 Å². The van der Waals surface area contributed by atoms with Crippen LogP contribution in [0.2, 0.25) is 0 Å². The van der Waals surface area contributed by atoms with Gasteiger partial charge in [0.2, 0.25) is 0 Å². The molecule has 1 fully saturated rings. The number of amides is 1. The largest absolute Gasteiger partial charge is 0.444 e. The summed E-state index contributed by atoms with van der Waals surface area (Å²) in [5.74, 6) is -0.110. The van der Waals surface area contributed by atoms with Crippen molar-refractivity contribution in [1.82, 2.24) is 4.90 Å². The number of carbonyl (C=O) groups excluding carboxylic acids is 1. The van der Waals surface area contributed by atoms with E-state index in [0.717, 1.165) is 6.26 Å². The Bertz CT molecular complexity index is 591. The SMILES string of the molecule is CC=C[C@H](CCOS(C)(=O)=O)[C@H]1COC(C)(C)N1C(=O)OC(C)(C)C. The number of carbonyl (C=O) groups is 1. The van der Waals surface area contributed by atoms with Gasteiger partial charge >= 0.3 is 6.09 Å². The molecule has 0 aliphatic carbocycles. The summed E-state index contributed by atoms with van der Waals surface area (Å²) in [7, 11) is -3.50. The van der Waals surface area contributed by atoms with Gasteiger partial charge in [0, 0.05) is 5.92 Å². The van der Waals surface area contributed by atoms with Crippen molar-refractivity contribution < 1.29 is 26.9 Å². The van der Waals surface area contributed by atoms with Crippen LogP contribution >= 0.6 is 0 Å². The molecule has 1 heterocycles. The smallest absolute Gasteiger partial charge is 0.412 e. The van der Waals surface area contributed by atoms with Crippen LogP contribution in [-0.2, 0) is 23.8 Å². The van der Waals surface area contributed by atoms with E-state index in [1.807, 2.05) is 53.7 Å². The van der Waals surface area contributed by atoms with Crippen molar-refractivity contribution in [3.63, 3.8) is 0 Å². The third-order valence-corrected chi connectivity index (χ3v) is 4.39. The summed E-state index contributed by atoms with van der Waals surface area (Å²) in [6.07, 6.45) is 4.84. The first-order valence-corrected chi connectivity index (χ1v) is 10.2. The van der Waals surface area contributed by atoms with E-state index in [-0.39, 0.29) is 18.6 Å². The molecule has 0 unspecified atom stereocenters. The molecule has 0 saturated carbocycles. The van der Waals surface area contributed by atoms with Crippen LogP contribution in [0, 0.1) is 5.92 Å². The Balaban J connectivity index is 2.96. The second kappa shape index (κ2) is 8.05. The zero-order chi connectivity index (χ0) is 19.5. The van der Waals surface area contributed by atoms with E-state index in [1.54, 1.807) is 4.90 Å². The molecule has 7 nitrogen and oxygen atoms in total. The van der Waals surface area contributed by atoms with Crippen molar-refractivity contribution in [2.24, 2.45) is 5.92 Å². The molecule has 1 saturated heterocycles. The summed E-state index contributed by atoms with van der Waals surface area (Å²) in [5.41, 5.74) is -1.42. The van der Waals surface area contributed by atoms with E-state index in [4.69, 9.17) is 13.7 Å². The van der Waals surface area contributed by atoms with E-state index < -0.39 is 27.5 Å². The van der Waals surface area contributed by atoms with Crippen LogP contribution in [-0.4, -0.2) is 56.2 Å². The Morgan fingerprint density at radius 2 is 2.00 bits per heavy atom. The predicted octanol–water partition coefficient (Wildman–Crippen LogP) is 2.92. The Morgan fingerprint density at radius 1 is 1.40 bits per heavy atom. The fourth-order valence-electron chi connectivity index (χ4n) is 2.81. The molecule has 2 atom stereocenters. The molecule has 0 spiro atoms. The van der Waals surface area contributed by atoms with Gasteiger partial charge in [-0.15, -0.1) is 0 Å². The number of nitrogens with zero attached hydrogens (tertiary/aromatic N) is 1. The summed E-state index contributed by atoms with van der Waals surface area (Å²) >= 11 is 0. The summed E-state index contributed by atoms with van der Waals surface area (Å²) in [6, 6.07) is -0.260. The summed E-state index contributed by atoms with van der Waals surface area (Å²) in [4.78, 5) is 14.3. The van der Waals surface area contributed by atoms with Crippen molar-refractivity contribution >= 4 is 16.2 Å². The molecule has 146 valence electrons. The lowest BCUT2D eigenvalue weighted by molar-refractivity contribution is -0.0640.